The smallest absolute Gasteiger partial charge is 0.288 e. The maximum atomic E-state index is 11.0. The number of oxazole rings is 1. The molecule has 0 aliphatic heterocycles. The molecule has 8 heteroatoms. The van der Waals surface area contributed by atoms with Gasteiger partial charge in [0.25, 0.3) is 5.69 Å². The van der Waals surface area contributed by atoms with E-state index in [1.807, 2.05) is 12.1 Å². The van der Waals surface area contributed by atoms with Gasteiger partial charge in [-0.2, -0.15) is 0 Å². The average molecular weight is 379 g/mol. The summed E-state index contributed by atoms with van der Waals surface area (Å²) in [6, 6.07) is 13.5. The molecule has 4 rings (SSSR count). The second-order valence-electron chi connectivity index (χ2n) is 5.64. The molecule has 2 aromatic heterocycles. The van der Waals surface area contributed by atoms with E-state index < -0.39 is 4.92 Å². The fraction of sp³-hybridized carbons (Fsp3) is 0. The van der Waals surface area contributed by atoms with E-state index in [4.69, 9.17) is 16.0 Å². The molecule has 2 aromatic carbocycles. The third kappa shape index (κ3) is 3.54. The second-order valence-corrected chi connectivity index (χ2v) is 6.05. The Morgan fingerprint density at radius 2 is 2.07 bits per heavy atom. The standard InChI is InChI=1S/C19H11ClN4O3/c20-15-5-3-12(8-17(15)24(25)26)10-22-14-4-6-18-16(9-14)23-19(27-18)13-2-1-7-21-11-13/h1-11H. The van der Waals surface area contributed by atoms with E-state index in [9.17, 15) is 10.1 Å². The molecule has 27 heavy (non-hydrogen) atoms. The van der Waals surface area contributed by atoms with Gasteiger partial charge < -0.3 is 4.42 Å². The van der Waals surface area contributed by atoms with Crippen LogP contribution in [0.25, 0.3) is 22.6 Å². The Kier molecular flexibility index (Phi) is 4.35. The zero-order valence-corrected chi connectivity index (χ0v) is 14.5. The highest BCUT2D eigenvalue weighted by Gasteiger charge is 2.12. The SMILES string of the molecule is O=[N+]([O-])c1cc(C=Nc2ccc3oc(-c4cccnc4)nc3c2)ccc1Cl. The lowest BCUT2D eigenvalue weighted by Crippen LogP contribution is -1.91. The number of aliphatic imine (C=N–C) groups is 1. The molecule has 0 N–H and O–H groups in total. The zero-order chi connectivity index (χ0) is 18.8. The number of aromatic nitrogens is 2. The highest BCUT2D eigenvalue weighted by Crippen LogP contribution is 2.27. The zero-order valence-electron chi connectivity index (χ0n) is 13.7. The van der Waals surface area contributed by atoms with Crippen molar-refractivity contribution in [2.24, 2.45) is 4.99 Å². The van der Waals surface area contributed by atoms with Gasteiger partial charge in [0.15, 0.2) is 5.58 Å². The molecule has 132 valence electrons. The average Bonchev–Trinajstić information content (AvgIpc) is 3.11. The molecular formula is C19H11ClN4O3. The molecule has 0 aliphatic carbocycles. The van der Waals surface area contributed by atoms with Gasteiger partial charge in [0.1, 0.15) is 10.5 Å². The largest absolute Gasteiger partial charge is 0.436 e. The Bertz CT molecular complexity index is 1170. The molecule has 2 heterocycles. The summed E-state index contributed by atoms with van der Waals surface area (Å²) in [6.45, 7) is 0. The molecule has 0 radical (unpaired) electrons. The number of nitro groups is 1. The number of rotatable bonds is 4. The fourth-order valence-electron chi connectivity index (χ4n) is 2.51. The summed E-state index contributed by atoms with van der Waals surface area (Å²) < 4.78 is 5.73. The lowest BCUT2D eigenvalue weighted by molar-refractivity contribution is -0.384. The minimum Gasteiger partial charge on any atom is -0.436 e. The summed E-state index contributed by atoms with van der Waals surface area (Å²) in [5, 5.41) is 11.1. The molecule has 4 aromatic rings. The van der Waals surface area contributed by atoms with Crippen LogP contribution >= 0.6 is 11.6 Å². The van der Waals surface area contributed by atoms with Crippen molar-refractivity contribution >= 4 is 40.3 Å². The van der Waals surface area contributed by atoms with Crippen LogP contribution in [0.15, 0.2) is 70.3 Å². The van der Waals surface area contributed by atoms with Crippen LogP contribution in [0.1, 0.15) is 5.56 Å². The van der Waals surface area contributed by atoms with Crippen molar-refractivity contribution < 1.29 is 9.34 Å². The number of pyridine rings is 1. The summed E-state index contributed by atoms with van der Waals surface area (Å²) in [5.74, 6) is 0.479. The van der Waals surface area contributed by atoms with Crippen molar-refractivity contribution in [3.8, 4) is 11.5 Å². The van der Waals surface area contributed by atoms with Crippen molar-refractivity contribution in [2.45, 2.75) is 0 Å². The van der Waals surface area contributed by atoms with Gasteiger partial charge in [0, 0.05) is 24.7 Å². The van der Waals surface area contributed by atoms with E-state index in [1.54, 1.807) is 36.7 Å². The Balaban J connectivity index is 1.64. The lowest BCUT2D eigenvalue weighted by Gasteiger charge is -1.97. The number of hydrogen-bond donors (Lipinski definition) is 0. The van der Waals surface area contributed by atoms with Crippen LogP contribution in [0.3, 0.4) is 0 Å². The summed E-state index contributed by atoms with van der Waals surface area (Å²) in [4.78, 5) is 23.3. The molecule has 0 atom stereocenters. The van der Waals surface area contributed by atoms with Crippen LogP contribution in [-0.4, -0.2) is 21.1 Å². The summed E-state index contributed by atoms with van der Waals surface area (Å²) in [5.41, 5.74) is 3.13. The minimum absolute atomic E-state index is 0.0871. The normalized spacial score (nSPS) is 11.3. The van der Waals surface area contributed by atoms with Gasteiger partial charge in [-0.15, -0.1) is 0 Å². The van der Waals surface area contributed by atoms with Gasteiger partial charge in [-0.1, -0.05) is 17.7 Å². The topological polar surface area (TPSA) is 94.4 Å². The number of nitro benzene ring substituents is 1. The Labute approximate surface area is 158 Å². The van der Waals surface area contributed by atoms with E-state index in [2.05, 4.69) is 15.0 Å². The molecule has 0 saturated carbocycles. The predicted octanol–water partition coefficient (Wildman–Crippen LogP) is 5.20. The van der Waals surface area contributed by atoms with Crippen LogP contribution in [0.2, 0.25) is 5.02 Å². The van der Waals surface area contributed by atoms with Crippen LogP contribution in [-0.2, 0) is 0 Å². The van der Waals surface area contributed by atoms with Crippen molar-refractivity contribution in [1.82, 2.24) is 9.97 Å². The second kappa shape index (κ2) is 6.97. The van der Waals surface area contributed by atoms with Crippen molar-refractivity contribution in [2.75, 3.05) is 0 Å². The first-order valence-electron chi connectivity index (χ1n) is 7.89. The quantitative estimate of drug-likeness (QED) is 0.276. The Morgan fingerprint density at radius 1 is 1.19 bits per heavy atom. The van der Waals surface area contributed by atoms with Crippen LogP contribution in [0.5, 0.6) is 0 Å². The van der Waals surface area contributed by atoms with Gasteiger partial charge >= 0.3 is 0 Å². The first-order valence-corrected chi connectivity index (χ1v) is 8.27. The predicted molar refractivity (Wildman–Crippen MR) is 103 cm³/mol. The maximum Gasteiger partial charge on any atom is 0.288 e. The maximum absolute atomic E-state index is 11.0. The van der Waals surface area contributed by atoms with E-state index in [0.29, 0.717) is 28.2 Å². The number of benzene rings is 2. The minimum atomic E-state index is -0.527. The molecule has 0 spiro atoms. The third-order valence-corrected chi connectivity index (χ3v) is 4.13. The van der Waals surface area contributed by atoms with Crippen LogP contribution in [0, 0.1) is 10.1 Å². The molecule has 0 fully saturated rings. The Hall–Kier alpha value is -3.58. The molecule has 0 saturated heterocycles. The van der Waals surface area contributed by atoms with E-state index in [-0.39, 0.29) is 10.7 Å². The summed E-state index contributed by atoms with van der Waals surface area (Å²) in [6.07, 6.45) is 4.89. The molecule has 0 aliphatic rings. The number of halogens is 1. The van der Waals surface area contributed by atoms with Crippen molar-refractivity contribution in [3.05, 3.63) is 81.6 Å². The molecule has 7 nitrogen and oxygen atoms in total. The Morgan fingerprint density at radius 3 is 2.85 bits per heavy atom. The summed E-state index contributed by atoms with van der Waals surface area (Å²) >= 11 is 5.82. The summed E-state index contributed by atoms with van der Waals surface area (Å²) in [7, 11) is 0. The van der Waals surface area contributed by atoms with Crippen LogP contribution < -0.4 is 0 Å². The number of hydrogen-bond acceptors (Lipinski definition) is 6. The monoisotopic (exact) mass is 378 g/mol. The van der Waals surface area contributed by atoms with Gasteiger partial charge in [-0.25, -0.2) is 4.98 Å². The van der Waals surface area contributed by atoms with Crippen LogP contribution in [0.4, 0.5) is 11.4 Å². The molecular weight excluding hydrogens is 368 g/mol. The number of fused-ring (bicyclic) bond motifs is 1. The highest BCUT2D eigenvalue weighted by atomic mass is 35.5. The molecule has 0 amide bonds. The first kappa shape index (κ1) is 16.9. The first-order chi connectivity index (χ1) is 13.1. The third-order valence-electron chi connectivity index (χ3n) is 3.81. The van der Waals surface area contributed by atoms with E-state index in [1.165, 1.54) is 18.3 Å². The van der Waals surface area contributed by atoms with E-state index in [0.717, 1.165) is 5.56 Å². The number of nitrogens with zero attached hydrogens (tertiary/aromatic N) is 4. The van der Waals surface area contributed by atoms with Gasteiger partial charge in [0.2, 0.25) is 5.89 Å². The van der Waals surface area contributed by atoms with Gasteiger partial charge in [0.05, 0.1) is 16.2 Å². The van der Waals surface area contributed by atoms with Gasteiger partial charge in [-0.3, -0.25) is 20.1 Å². The molecule has 0 bridgehead atoms. The van der Waals surface area contributed by atoms with E-state index >= 15 is 0 Å². The van der Waals surface area contributed by atoms with Crippen molar-refractivity contribution in [1.29, 1.82) is 0 Å². The molecule has 0 unspecified atom stereocenters. The lowest BCUT2D eigenvalue weighted by atomic mass is 10.2. The fourth-order valence-corrected chi connectivity index (χ4v) is 2.69. The van der Waals surface area contributed by atoms with Gasteiger partial charge in [-0.05, 0) is 42.0 Å². The highest BCUT2D eigenvalue weighted by molar-refractivity contribution is 6.32. The van der Waals surface area contributed by atoms with Crippen molar-refractivity contribution in [3.63, 3.8) is 0 Å².